The van der Waals surface area contributed by atoms with E-state index in [1.165, 1.54) is 0 Å². The maximum Gasteiger partial charge on any atom is 0.222 e. The van der Waals surface area contributed by atoms with Crippen molar-refractivity contribution in [1.82, 2.24) is 15.5 Å². The van der Waals surface area contributed by atoms with Crippen molar-refractivity contribution in [3.63, 3.8) is 0 Å². The number of amides is 1. The summed E-state index contributed by atoms with van der Waals surface area (Å²) in [6.45, 7) is 14.3. The highest BCUT2D eigenvalue weighted by atomic mass is 127. The highest BCUT2D eigenvalue weighted by Gasteiger charge is 2.25. The summed E-state index contributed by atoms with van der Waals surface area (Å²) in [6.07, 6.45) is 2.73. The van der Waals surface area contributed by atoms with Crippen LogP contribution in [-0.2, 0) is 9.53 Å². The largest absolute Gasteiger partial charge is 0.378 e. The third-order valence-electron chi connectivity index (χ3n) is 4.34. The van der Waals surface area contributed by atoms with Gasteiger partial charge in [0, 0.05) is 45.2 Å². The molecule has 1 amide bonds. The van der Waals surface area contributed by atoms with Gasteiger partial charge in [-0.05, 0) is 32.6 Å². The molecule has 0 bridgehead atoms. The van der Waals surface area contributed by atoms with Crippen molar-refractivity contribution in [3.8, 4) is 0 Å². The van der Waals surface area contributed by atoms with Crippen molar-refractivity contribution in [3.05, 3.63) is 0 Å². The Morgan fingerprint density at radius 1 is 1.32 bits per heavy atom. The number of guanidine groups is 1. The Morgan fingerprint density at radius 3 is 2.60 bits per heavy atom. The van der Waals surface area contributed by atoms with E-state index < -0.39 is 0 Å². The molecular weight excluding hydrogens is 431 g/mol. The quantitative estimate of drug-likeness (QED) is 0.310. The number of carbonyl (C=O) groups is 1. The summed E-state index contributed by atoms with van der Waals surface area (Å²) in [5, 5.41) is 6.76. The van der Waals surface area contributed by atoms with Crippen LogP contribution in [0.4, 0.5) is 0 Å². The van der Waals surface area contributed by atoms with Crippen molar-refractivity contribution >= 4 is 35.8 Å². The average molecular weight is 468 g/mol. The van der Waals surface area contributed by atoms with Crippen molar-refractivity contribution in [2.24, 2.45) is 10.9 Å². The number of nitrogens with one attached hydrogen (secondary N) is 2. The van der Waals surface area contributed by atoms with Crippen LogP contribution in [-0.4, -0.2) is 61.7 Å². The van der Waals surface area contributed by atoms with Gasteiger partial charge in [-0.15, -0.1) is 24.0 Å². The number of halogens is 1. The number of hydrogen-bond donors (Lipinski definition) is 2. The van der Waals surface area contributed by atoms with Crippen molar-refractivity contribution in [1.29, 1.82) is 0 Å². The minimum atomic E-state index is 0. The van der Waals surface area contributed by atoms with Crippen molar-refractivity contribution in [2.45, 2.75) is 66.0 Å². The zero-order valence-electron chi connectivity index (χ0n) is 16.5. The van der Waals surface area contributed by atoms with Gasteiger partial charge in [0.25, 0.3) is 0 Å². The number of nitrogens with zero attached hydrogens (tertiary/aromatic N) is 2. The highest BCUT2D eigenvalue weighted by Crippen LogP contribution is 2.12. The van der Waals surface area contributed by atoms with Gasteiger partial charge in [-0.1, -0.05) is 20.8 Å². The molecule has 0 spiro atoms. The fourth-order valence-electron chi connectivity index (χ4n) is 2.97. The predicted molar refractivity (Wildman–Crippen MR) is 115 cm³/mol. The molecule has 2 unspecified atom stereocenters. The predicted octanol–water partition coefficient (Wildman–Crippen LogP) is 2.62. The Kier molecular flexibility index (Phi) is 13.3. The summed E-state index contributed by atoms with van der Waals surface area (Å²) in [6, 6.07) is 0.283. The van der Waals surface area contributed by atoms with E-state index in [4.69, 9.17) is 4.74 Å². The molecule has 0 saturated carbocycles. The van der Waals surface area contributed by atoms with Gasteiger partial charge in [-0.25, -0.2) is 0 Å². The van der Waals surface area contributed by atoms with Crippen LogP contribution in [0.15, 0.2) is 4.99 Å². The Bertz CT molecular complexity index is 405. The van der Waals surface area contributed by atoms with Crippen LogP contribution in [0.3, 0.4) is 0 Å². The summed E-state index contributed by atoms with van der Waals surface area (Å²) in [5.74, 6) is 1.57. The van der Waals surface area contributed by atoms with Gasteiger partial charge in [0.2, 0.25) is 5.91 Å². The molecule has 148 valence electrons. The minimum absolute atomic E-state index is 0. The van der Waals surface area contributed by atoms with Gasteiger partial charge < -0.3 is 20.3 Å². The molecular formula is C18H37IN4O2. The van der Waals surface area contributed by atoms with Crippen molar-refractivity contribution < 1.29 is 9.53 Å². The van der Waals surface area contributed by atoms with E-state index in [9.17, 15) is 4.79 Å². The van der Waals surface area contributed by atoms with E-state index in [2.05, 4.69) is 36.4 Å². The van der Waals surface area contributed by atoms with Crippen LogP contribution in [0.5, 0.6) is 0 Å². The van der Waals surface area contributed by atoms with Crippen LogP contribution in [0.25, 0.3) is 0 Å². The Labute approximate surface area is 170 Å². The second kappa shape index (κ2) is 13.6. The molecule has 0 aliphatic carbocycles. The van der Waals surface area contributed by atoms with Gasteiger partial charge >= 0.3 is 0 Å². The fraction of sp³-hybridized carbons (Fsp3) is 0.889. The van der Waals surface area contributed by atoms with E-state index in [0.29, 0.717) is 12.3 Å². The van der Waals surface area contributed by atoms with Gasteiger partial charge in [-0.2, -0.15) is 0 Å². The van der Waals surface area contributed by atoms with Gasteiger partial charge in [0.05, 0.1) is 6.10 Å². The second-order valence-electron chi connectivity index (χ2n) is 6.61. The van der Waals surface area contributed by atoms with Crippen molar-refractivity contribution in [2.75, 3.05) is 32.8 Å². The highest BCUT2D eigenvalue weighted by molar-refractivity contribution is 14.0. The number of aliphatic imine (C=N–C) groups is 1. The van der Waals surface area contributed by atoms with Gasteiger partial charge in [0.1, 0.15) is 0 Å². The SMILES string of the molecule is CCNC(=NCCC(OCC)C(C)C)NC1CCN(C(=O)CC)C1.I. The Morgan fingerprint density at radius 2 is 2.04 bits per heavy atom. The Balaban J connectivity index is 0.00000576. The number of carbonyl (C=O) groups excluding carboxylic acids is 1. The first-order valence-corrected chi connectivity index (χ1v) is 9.45. The molecule has 1 heterocycles. The van der Waals surface area contributed by atoms with E-state index in [-0.39, 0.29) is 42.0 Å². The number of ether oxygens (including phenoxy) is 1. The van der Waals surface area contributed by atoms with Crippen LogP contribution < -0.4 is 10.6 Å². The van der Waals surface area contributed by atoms with E-state index in [1.807, 2.05) is 18.7 Å². The smallest absolute Gasteiger partial charge is 0.222 e. The zero-order chi connectivity index (χ0) is 17.9. The molecule has 0 aromatic heterocycles. The topological polar surface area (TPSA) is 66.0 Å². The first kappa shape index (κ1) is 24.4. The molecule has 1 fully saturated rings. The van der Waals surface area contributed by atoms with Crippen LogP contribution >= 0.6 is 24.0 Å². The van der Waals surface area contributed by atoms with Crippen LogP contribution in [0.1, 0.15) is 53.9 Å². The lowest BCUT2D eigenvalue weighted by molar-refractivity contribution is -0.129. The number of rotatable bonds is 9. The molecule has 1 aliphatic rings. The summed E-state index contributed by atoms with van der Waals surface area (Å²) in [5.41, 5.74) is 0. The molecule has 0 aromatic carbocycles. The molecule has 1 rings (SSSR count). The molecule has 0 aromatic rings. The third-order valence-corrected chi connectivity index (χ3v) is 4.34. The normalized spacial score (nSPS) is 18.9. The summed E-state index contributed by atoms with van der Waals surface area (Å²) >= 11 is 0. The van der Waals surface area contributed by atoms with Crippen LogP contribution in [0.2, 0.25) is 0 Å². The fourth-order valence-corrected chi connectivity index (χ4v) is 2.97. The first-order chi connectivity index (χ1) is 11.5. The van der Waals surface area contributed by atoms with Gasteiger partial charge in [-0.3, -0.25) is 9.79 Å². The lowest BCUT2D eigenvalue weighted by Crippen LogP contribution is -2.45. The molecule has 7 heteroatoms. The maximum absolute atomic E-state index is 11.8. The summed E-state index contributed by atoms with van der Waals surface area (Å²) < 4.78 is 5.78. The number of likely N-dealkylation sites (tertiary alicyclic amines) is 1. The molecule has 1 saturated heterocycles. The molecule has 2 atom stereocenters. The average Bonchev–Trinajstić information content (AvgIpc) is 3.01. The van der Waals surface area contributed by atoms with Crippen LogP contribution in [0, 0.1) is 5.92 Å². The lowest BCUT2D eigenvalue weighted by atomic mass is 10.0. The lowest BCUT2D eigenvalue weighted by Gasteiger charge is -2.21. The van der Waals surface area contributed by atoms with E-state index in [0.717, 1.165) is 51.6 Å². The van der Waals surface area contributed by atoms with E-state index >= 15 is 0 Å². The second-order valence-corrected chi connectivity index (χ2v) is 6.61. The maximum atomic E-state index is 11.8. The summed E-state index contributed by atoms with van der Waals surface area (Å²) in [7, 11) is 0. The van der Waals surface area contributed by atoms with E-state index in [1.54, 1.807) is 0 Å². The summed E-state index contributed by atoms with van der Waals surface area (Å²) in [4.78, 5) is 18.4. The minimum Gasteiger partial charge on any atom is -0.378 e. The molecule has 2 N–H and O–H groups in total. The monoisotopic (exact) mass is 468 g/mol. The molecule has 6 nitrogen and oxygen atoms in total. The molecule has 1 aliphatic heterocycles. The Hall–Kier alpha value is -0.570. The molecule has 25 heavy (non-hydrogen) atoms. The number of hydrogen-bond acceptors (Lipinski definition) is 3. The first-order valence-electron chi connectivity index (χ1n) is 9.45. The zero-order valence-corrected chi connectivity index (χ0v) is 18.8. The standard InChI is InChI=1S/C18H36N4O2.HI/c1-6-17(23)22-12-10-15(13-22)21-18(19-7-2)20-11-9-16(14(4)5)24-8-3;/h14-16H,6-13H2,1-5H3,(H2,19,20,21);1H. The third kappa shape index (κ3) is 9.08. The van der Waals surface area contributed by atoms with Gasteiger partial charge in [0.15, 0.2) is 5.96 Å². The molecule has 0 radical (unpaired) electrons.